The Labute approximate surface area is 109 Å². The first-order valence-electron chi connectivity index (χ1n) is 5.63. The molecule has 2 aromatic rings. The van der Waals surface area contributed by atoms with Crippen molar-refractivity contribution in [2.24, 2.45) is 0 Å². The number of hydrogen-bond acceptors (Lipinski definition) is 6. The monoisotopic (exact) mass is 266 g/mol. The van der Waals surface area contributed by atoms with Crippen molar-refractivity contribution in [2.45, 2.75) is 13.5 Å². The number of rotatable bonds is 6. The molecule has 2 aromatic heterocycles. The van der Waals surface area contributed by atoms with Crippen molar-refractivity contribution in [3.05, 3.63) is 29.5 Å². The standard InChI is InChI=1S/C11H14N4O2S/c1-2-17-10(16)9-8-18-11(14-9)12-5-7-15-6-3-4-13-15/h3-4,6,8H,2,5,7H2,1H3,(H,12,14). The van der Waals surface area contributed by atoms with E-state index >= 15 is 0 Å². The lowest BCUT2D eigenvalue weighted by Gasteiger charge is -2.02. The van der Waals surface area contributed by atoms with Gasteiger partial charge in [0, 0.05) is 24.3 Å². The molecule has 0 aliphatic rings. The predicted octanol–water partition coefficient (Wildman–Crippen LogP) is 1.63. The van der Waals surface area contributed by atoms with Crippen LogP contribution in [0.15, 0.2) is 23.8 Å². The van der Waals surface area contributed by atoms with E-state index in [2.05, 4.69) is 15.4 Å². The summed E-state index contributed by atoms with van der Waals surface area (Å²) in [5, 5.41) is 9.63. The number of aromatic nitrogens is 3. The van der Waals surface area contributed by atoms with E-state index in [1.807, 2.05) is 16.9 Å². The van der Waals surface area contributed by atoms with Gasteiger partial charge in [-0.2, -0.15) is 5.10 Å². The van der Waals surface area contributed by atoms with Crippen molar-refractivity contribution in [3.8, 4) is 0 Å². The summed E-state index contributed by atoms with van der Waals surface area (Å²) in [7, 11) is 0. The third-order valence-corrected chi connectivity index (χ3v) is 2.97. The minimum atomic E-state index is -0.381. The van der Waals surface area contributed by atoms with Crippen LogP contribution in [0.4, 0.5) is 5.13 Å². The van der Waals surface area contributed by atoms with Gasteiger partial charge in [-0.15, -0.1) is 11.3 Å². The van der Waals surface area contributed by atoms with E-state index in [0.717, 1.165) is 6.54 Å². The Morgan fingerprint density at radius 3 is 3.22 bits per heavy atom. The van der Waals surface area contributed by atoms with Crippen LogP contribution in [0.5, 0.6) is 0 Å². The molecule has 0 unspecified atom stereocenters. The van der Waals surface area contributed by atoms with Crippen molar-refractivity contribution >= 4 is 22.4 Å². The minimum Gasteiger partial charge on any atom is -0.461 e. The number of carbonyl (C=O) groups is 1. The maximum Gasteiger partial charge on any atom is 0.357 e. The first kappa shape index (κ1) is 12.6. The molecule has 0 saturated carbocycles. The van der Waals surface area contributed by atoms with E-state index in [-0.39, 0.29) is 5.97 Å². The largest absolute Gasteiger partial charge is 0.461 e. The van der Waals surface area contributed by atoms with Gasteiger partial charge in [0.15, 0.2) is 10.8 Å². The van der Waals surface area contributed by atoms with Crippen molar-refractivity contribution in [3.63, 3.8) is 0 Å². The van der Waals surface area contributed by atoms with Gasteiger partial charge in [0.2, 0.25) is 0 Å². The fourth-order valence-electron chi connectivity index (χ4n) is 1.36. The van der Waals surface area contributed by atoms with Crippen molar-refractivity contribution in [1.29, 1.82) is 0 Å². The molecule has 18 heavy (non-hydrogen) atoms. The Bertz CT molecular complexity index is 495. The summed E-state index contributed by atoms with van der Waals surface area (Å²) in [6.07, 6.45) is 3.63. The van der Waals surface area contributed by atoms with Crippen LogP contribution in [0.1, 0.15) is 17.4 Å². The number of hydrogen-bond donors (Lipinski definition) is 1. The number of thiazole rings is 1. The zero-order chi connectivity index (χ0) is 12.8. The Morgan fingerprint density at radius 2 is 2.50 bits per heavy atom. The van der Waals surface area contributed by atoms with Crippen molar-refractivity contribution in [2.75, 3.05) is 18.5 Å². The Balaban J connectivity index is 1.81. The molecule has 2 heterocycles. The molecule has 6 nitrogen and oxygen atoms in total. The minimum absolute atomic E-state index is 0.350. The molecule has 1 N–H and O–H groups in total. The van der Waals surface area contributed by atoms with Gasteiger partial charge in [0.05, 0.1) is 13.2 Å². The average molecular weight is 266 g/mol. The number of carbonyl (C=O) groups excluding carboxylic acids is 1. The fraction of sp³-hybridized carbons (Fsp3) is 0.364. The highest BCUT2D eigenvalue weighted by molar-refractivity contribution is 7.13. The molecule has 0 aliphatic heterocycles. The Hall–Kier alpha value is -1.89. The number of nitrogens with one attached hydrogen (secondary N) is 1. The quantitative estimate of drug-likeness (QED) is 0.805. The van der Waals surface area contributed by atoms with Gasteiger partial charge in [-0.1, -0.05) is 0 Å². The van der Waals surface area contributed by atoms with Gasteiger partial charge in [0.1, 0.15) is 0 Å². The molecule has 0 aromatic carbocycles. The Morgan fingerprint density at radius 1 is 1.61 bits per heavy atom. The van der Waals surface area contributed by atoms with Gasteiger partial charge in [0.25, 0.3) is 0 Å². The second-order valence-electron chi connectivity index (χ2n) is 3.45. The van der Waals surface area contributed by atoms with Crippen LogP contribution in [0, 0.1) is 0 Å². The maximum atomic E-state index is 11.4. The number of ether oxygens (including phenoxy) is 1. The van der Waals surface area contributed by atoms with Gasteiger partial charge in [-0.3, -0.25) is 4.68 Å². The van der Waals surface area contributed by atoms with Crippen LogP contribution in [-0.2, 0) is 11.3 Å². The maximum absolute atomic E-state index is 11.4. The smallest absolute Gasteiger partial charge is 0.357 e. The first-order valence-corrected chi connectivity index (χ1v) is 6.51. The van der Waals surface area contributed by atoms with Gasteiger partial charge >= 0.3 is 5.97 Å². The lowest BCUT2D eigenvalue weighted by molar-refractivity contribution is 0.0520. The zero-order valence-electron chi connectivity index (χ0n) is 10.00. The topological polar surface area (TPSA) is 69.0 Å². The summed E-state index contributed by atoms with van der Waals surface area (Å²) in [5.41, 5.74) is 0.350. The average Bonchev–Trinajstić information content (AvgIpc) is 3.00. The highest BCUT2D eigenvalue weighted by Gasteiger charge is 2.10. The molecular formula is C11H14N4O2S. The highest BCUT2D eigenvalue weighted by Crippen LogP contribution is 2.15. The molecule has 0 bridgehead atoms. The van der Waals surface area contributed by atoms with Crippen LogP contribution in [0.3, 0.4) is 0 Å². The first-order chi connectivity index (χ1) is 8.79. The zero-order valence-corrected chi connectivity index (χ0v) is 10.8. The normalized spacial score (nSPS) is 10.3. The molecule has 0 spiro atoms. The summed E-state index contributed by atoms with van der Waals surface area (Å²) >= 11 is 1.39. The van der Waals surface area contributed by atoms with Crippen molar-refractivity contribution < 1.29 is 9.53 Å². The predicted molar refractivity (Wildman–Crippen MR) is 68.8 cm³/mol. The molecule has 2 rings (SSSR count). The molecule has 96 valence electrons. The van der Waals surface area contributed by atoms with Crippen LogP contribution < -0.4 is 5.32 Å². The van der Waals surface area contributed by atoms with Gasteiger partial charge < -0.3 is 10.1 Å². The van der Waals surface area contributed by atoms with Gasteiger partial charge in [-0.05, 0) is 13.0 Å². The van der Waals surface area contributed by atoms with E-state index in [4.69, 9.17) is 4.74 Å². The summed E-state index contributed by atoms with van der Waals surface area (Å²) in [6, 6.07) is 1.88. The summed E-state index contributed by atoms with van der Waals surface area (Å²) < 4.78 is 6.69. The SMILES string of the molecule is CCOC(=O)c1csc(NCCn2cccn2)n1. The van der Waals surface area contributed by atoms with E-state index in [0.29, 0.717) is 24.0 Å². The summed E-state index contributed by atoms with van der Waals surface area (Å²) in [5.74, 6) is -0.381. The third-order valence-electron chi connectivity index (χ3n) is 2.17. The molecular weight excluding hydrogens is 252 g/mol. The molecule has 0 saturated heterocycles. The van der Waals surface area contributed by atoms with Crippen LogP contribution in [0.25, 0.3) is 0 Å². The van der Waals surface area contributed by atoms with E-state index < -0.39 is 0 Å². The number of esters is 1. The van der Waals surface area contributed by atoms with Gasteiger partial charge in [-0.25, -0.2) is 9.78 Å². The lowest BCUT2D eigenvalue weighted by Crippen LogP contribution is -2.11. The second-order valence-corrected chi connectivity index (χ2v) is 4.31. The molecule has 0 amide bonds. The third kappa shape index (κ3) is 3.30. The fourth-order valence-corrected chi connectivity index (χ4v) is 2.07. The van der Waals surface area contributed by atoms with E-state index in [1.54, 1.807) is 18.5 Å². The number of anilines is 1. The molecule has 0 atom stereocenters. The van der Waals surface area contributed by atoms with Crippen molar-refractivity contribution in [1.82, 2.24) is 14.8 Å². The Kier molecular flexibility index (Phi) is 4.30. The molecule has 0 aliphatic carbocycles. The molecule has 0 fully saturated rings. The van der Waals surface area contributed by atoms with Crippen LogP contribution >= 0.6 is 11.3 Å². The van der Waals surface area contributed by atoms with E-state index in [9.17, 15) is 4.79 Å². The number of nitrogens with zero attached hydrogens (tertiary/aromatic N) is 3. The lowest BCUT2D eigenvalue weighted by atomic mass is 10.5. The van der Waals surface area contributed by atoms with Crippen LogP contribution in [0.2, 0.25) is 0 Å². The second kappa shape index (κ2) is 6.15. The molecule has 0 radical (unpaired) electrons. The van der Waals surface area contributed by atoms with Crippen LogP contribution in [-0.4, -0.2) is 33.9 Å². The summed E-state index contributed by atoms with van der Waals surface area (Å²) in [4.78, 5) is 15.5. The highest BCUT2D eigenvalue weighted by atomic mass is 32.1. The van der Waals surface area contributed by atoms with E-state index in [1.165, 1.54) is 11.3 Å². The summed E-state index contributed by atoms with van der Waals surface area (Å²) in [6.45, 7) is 3.59. The molecule has 7 heteroatoms.